The van der Waals surface area contributed by atoms with Gasteiger partial charge in [-0.3, -0.25) is 4.79 Å². The Morgan fingerprint density at radius 3 is 2.64 bits per heavy atom. The van der Waals surface area contributed by atoms with Crippen molar-refractivity contribution in [3.05, 3.63) is 83.9 Å². The largest absolute Gasteiger partial charge is 0.484 e. The summed E-state index contributed by atoms with van der Waals surface area (Å²) in [7, 11) is 0. The molecule has 2 aliphatic heterocycles. The molecule has 0 spiro atoms. The van der Waals surface area contributed by atoms with Gasteiger partial charge in [-0.1, -0.05) is 36.4 Å². The summed E-state index contributed by atoms with van der Waals surface area (Å²) in [5.41, 5.74) is 2.91. The van der Waals surface area contributed by atoms with Gasteiger partial charge in [-0.25, -0.2) is 4.99 Å². The highest BCUT2D eigenvalue weighted by Gasteiger charge is 2.31. The molecule has 3 aromatic rings. The van der Waals surface area contributed by atoms with Crippen molar-refractivity contribution in [2.45, 2.75) is 19.9 Å². The van der Waals surface area contributed by atoms with Gasteiger partial charge in [-0.05, 0) is 55.8 Å². The van der Waals surface area contributed by atoms with Crippen LogP contribution in [-0.2, 0) is 4.79 Å². The van der Waals surface area contributed by atoms with Crippen LogP contribution in [0.4, 0.5) is 5.69 Å². The van der Waals surface area contributed by atoms with E-state index in [2.05, 4.69) is 11.8 Å². The maximum Gasteiger partial charge on any atom is 0.260 e. The van der Waals surface area contributed by atoms with Gasteiger partial charge in [0.25, 0.3) is 5.91 Å². The molecular formula is C27H27N3O3. The fourth-order valence-corrected chi connectivity index (χ4v) is 4.33. The second-order valence-electron chi connectivity index (χ2n) is 8.49. The van der Waals surface area contributed by atoms with E-state index in [-0.39, 0.29) is 18.6 Å². The number of benzene rings is 3. The summed E-state index contributed by atoms with van der Waals surface area (Å²) in [6.07, 6.45) is 0. The first-order valence-electron chi connectivity index (χ1n) is 11.3. The number of nitrogens with zero attached hydrogens (tertiary/aromatic N) is 3. The van der Waals surface area contributed by atoms with Crippen molar-refractivity contribution in [1.82, 2.24) is 9.80 Å². The molecule has 1 atom stereocenters. The summed E-state index contributed by atoms with van der Waals surface area (Å²) in [5.74, 6) is 3.14. The third-order valence-corrected chi connectivity index (χ3v) is 6.04. The quantitative estimate of drug-likeness (QED) is 0.586. The molecule has 0 radical (unpaired) electrons. The van der Waals surface area contributed by atoms with Crippen LogP contribution in [-0.4, -0.2) is 53.8 Å². The predicted octanol–water partition coefficient (Wildman–Crippen LogP) is 4.79. The maximum atomic E-state index is 12.8. The Hall–Kier alpha value is -3.80. The van der Waals surface area contributed by atoms with E-state index in [1.807, 2.05) is 84.6 Å². The van der Waals surface area contributed by atoms with Crippen LogP contribution in [0.25, 0.3) is 0 Å². The van der Waals surface area contributed by atoms with Crippen molar-refractivity contribution in [3.63, 3.8) is 0 Å². The van der Waals surface area contributed by atoms with E-state index in [1.165, 1.54) is 0 Å². The zero-order chi connectivity index (χ0) is 22.8. The highest BCUT2D eigenvalue weighted by atomic mass is 16.5. The van der Waals surface area contributed by atoms with Gasteiger partial charge in [-0.15, -0.1) is 0 Å². The van der Waals surface area contributed by atoms with Crippen molar-refractivity contribution in [2.24, 2.45) is 4.99 Å². The average molecular weight is 442 g/mol. The Balaban J connectivity index is 1.35. The smallest absolute Gasteiger partial charge is 0.260 e. The molecule has 0 bridgehead atoms. The Morgan fingerprint density at radius 2 is 1.82 bits per heavy atom. The number of ether oxygens (including phenoxy) is 2. The van der Waals surface area contributed by atoms with E-state index in [4.69, 9.17) is 14.5 Å². The Bertz CT molecular complexity index is 1190. The first-order valence-corrected chi connectivity index (χ1v) is 11.3. The van der Waals surface area contributed by atoms with E-state index in [0.717, 1.165) is 34.1 Å². The molecule has 0 N–H and O–H groups in total. The van der Waals surface area contributed by atoms with E-state index in [9.17, 15) is 4.79 Å². The third kappa shape index (κ3) is 4.42. The predicted molar refractivity (Wildman–Crippen MR) is 129 cm³/mol. The van der Waals surface area contributed by atoms with E-state index in [0.29, 0.717) is 25.4 Å². The lowest BCUT2D eigenvalue weighted by Gasteiger charge is -2.41. The number of piperazine rings is 1. The Labute approximate surface area is 194 Å². The molecule has 6 heteroatoms. The first kappa shape index (κ1) is 21.1. The number of rotatable bonds is 3. The molecule has 3 aromatic carbocycles. The number of carbonyl (C=O) groups excluding carboxylic acids is 1. The zero-order valence-corrected chi connectivity index (χ0v) is 18.9. The zero-order valence-electron chi connectivity index (χ0n) is 18.9. The summed E-state index contributed by atoms with van der Waals surface area (Å²) in [5, 5.41) is 0. The van der Waals surface area contributed by atoms with Crippen LogP contribution in [0.5, 0.6) is 17.2 Å². The van der Waals surface area contributed by atoms with Gasteiger partial charge in [0.1, 0.15) is 23.0 Å². The van der Waals surface area contributed by atoms with Crippen LogP contribution in [0.2, 0.25) is 0 Å². The number of para-hydroxylation sites is 2. The molecule has 1 amide bonds. The van der Waals surface area contributed by atoms with Crippen LogP contribution in [0.3, 0.4) is 0 Å². The number of fused-ring (bicyclic) bond motifs is 2. The molecule has 0 aromatic heterocycles. The molecule has 0 aliphatic carbocycles. The lowest BCUT2D eigenvalue weighted by atomic mass is 10.1. The van der Waals surface area contributed by atoms with Gasteiger partial charge >= 0.3 is 0 Å². The number of hydrogen-bond acceptors (Lipinski definition) is 5. The number of carbonyl (C=O) groups is 1. The van der Waals surface area contributed by atoms with E-state index >= 15 is 0 Å². The van der Waals surface area contributed by atoms with Crippen molar-refractivity contribution in [1.29, 1.82) is 0 Å². The lowest BCUT2D eigenvalue weighted by molar-refractivity contribution is -0.137. The van der Waals surface area contributed by atoms with Gasteiger partial charge in [0, 0.05) is 25.7 Å². The molecular weight excluding hydrogens is 414 g/mol. The number of amidine groups is 1. The molecule has 0 saturated carbocycles. The third-order valence-electron chi connectivity index (χ3n) is 6.04. The summed E-state index contributed by atoms with van der Waals surface area (Å²) < 4.78 is 11.9. The van der Waals surface area contributed by atoms with Gasteiger partial charge in [0.2, 0.25) is 0 Å². The van der Waals surface area contributed by atoms with Crippen molar-refractivity contribution < 1.29 is 14.3 Å². The molecule has 2 heterocycles. The minimum atomic E-state index is -0.00152. The van der Waals surface area contributed by atoms with Crippen LogP contribution >= 0.6 is 0 Å². The minimum absolute atomic E-state index is 0.00152. The normalized spacial score (nSPS) is 17.3. The Morgan fingerprint density at radius 1 is 1.03 bits per heavy atom. The monoisotopic (exact) mass is 441 g/mol. The van der Waals surface area contributed by atoms with Crippen LogP contribution in [0, 0.1) is 6.92 Å². The summed E-state index contributed by atoms with van der Waals surface area (Å²) in [4.78, 5) is 22.0. The average Bonchev–Trinajstić information content (AvgIpc) is 2.99. The number of aryl methyl sites for hydroxylation is 1. The highest BCUT2D eigenvalue weighted by Crippen LogP contribution is 2.38. The second kappa shape index (κ2) is 8.98. The number of amides is 1. The molecule has 168 valence electrons. The van der Waals surface area contributed by atoms with Gasteiger partial charge in [0.05, 0.1) is 5.56 Å². The number of hydrogen-bond donors (Lipinski definition) is 0. The van der Waals surface area contributed by atoms with Crippen LogP contribution in [0.15, 0.2) is 77.8 Å². The lowest BCUT2D eigenvalue weighted by Crippen LogP contribution is -2.56. The fourth-order valence-electron chi connectivity index (χ4n) is 4.33. The summed E-state index contributed by atoms with van der Waals surface area (Å²) >= 11 is 0. The van der Waals surface area contributed by atoms with Gasteiger partial charge in [0.15, 0.2) is 12.4 Å². The van der Waals surface area contributed by atoms with Crippen molar-refractivity contribution in [3.8, 4) is 17.2 Å². The first-order chi connectivity index (χ1) is 16.1. The van der Waals surface area contributed by atoms with Crippen molar-refractivity contribution >= 4 is 17.4 Å². The van der Waals surface area contributed by atoms with Crippen molar-refractivity contribution in [2.75, 3.05) is 26.2 Å². The number of aliphatic imine (C=N–C) groups is 1. The molecule has 1 saturated heterocycles. The maximum absolute atomic E-state index is 12.8. The van der Waals surface area contributed by atoms with Crippen LogP contribution < -0.4 is 9.47 Å². The van der Waals surface area contributed by atoms with Gasteiger partial charge < -0.3 is 19.3 Å². The van der Waals surface area contributed by atoms with Gasteiger partial charge in [-0.2, -0.15) is 0 Å². The molecule has 0 unspecified atom stereocenters. The van der Waals surface area contributed by atoms with E-state index < -0.39 is 0 Å². The molecule has 1 fully saturated rings. The standard InChI is InChI=1S/C27H27N3O3/c1-19-12-13-23-25(16-19)33-24-11-7-6-10-22(24)27(28-23)29-14-15-30(20(2)17-29)26(31)18-32-21-8-4-3-5-9-21/h3-13,16,20H,14-15,17-18H2,1-2H3/t20-/m0/s1. The minimum Gasteiger partial charge on any atom is -0.484 e. The summed E-state index contributed by atoms with van der Waals surface area (Å²) in [6.45, 7) is 6.15. The Kier molecular flexibility index (Phi) is 5.73. The van der Waals surface area contributed by atoms with Crippen LogP contribution in [0.1, 0.15) is 18.1 Å². The SMILES string of the molecule is Cc1ccc2c(c1)Oc1ccccc1C(N1CCN(C(=O)COc3ccccc3)[C@@H](C)C1)=N2. The highest BCUT2D eigenvalue weighted by molar-refractivity contribution is 6.04. The second-order valence-corrected chi connectivity index (χ2v) is 8.49. The molecule has 2 aliphatic rings. The fraction of sp³-hybridized carbons (Fsp3) is 0.259. The molecule has 6 nitrogen and oxygen atoms in total. The molecule has 5 rings (SSSR count). The van der Waals surface area contributed by atoms with E-state index in [1.54, 1.807) is 0 Å². The topological polar surface area (TPSA) is 54.4 Å². The summed E-state index contributed by atoms with van der Waals surface area (Å²) in [6, 6.07) is 23.5. The molecule has 33 heavy (non-hydrogen) atoms.